The van der Waals surface area contributed by atoms with Crippen molar-refractivity contribution in [3.05, 3.63) is 55.0 Å². The van der Waals surface area contributed by atoms with Gasteiger partial charge in [-0.3, -0.25) is 9.48 Å². The number of nitrogens with one attached hydrogen (secondary N) is 1. The van der Waals surface area contributed by atoms with Crippen LogP contribution in [0.1, 0.15) is 13.8 Å². The van der Waals surface area contributed by atoms with Crippen LogP contribution in [0.15, 0.2) is 55.0 Å². The number of benzene rings is 2. The predicted octanol–water partition coefficient (Wildman–Crippen LogP) is 2.25. The normalized spacial score (nSPS) is 19.4. The van der Waals surface area contributed by atoms with Crippen molar-refractivity contribution in [2.45, 2.75) is 25.6 Å². The number of carbonyl (C=O) groups excluding carboxylic acids is 2. The molecule has 0 saturated carbocycles. The average molecular weight is 516 g/mol. The summed E-state index contributed by atoms with van der Waals surface area (Å²) in [4.78, 5) is 34.8. The first-order valence-electron chi connectivity index (χ1n) is 12.2. The predicted molar refractivity (Wildman–Crippen MR) is 142 cm³/mol. The number of aromatic nitrogens is 4. The highest BCUT2D eigenvalue weighted by molar-refractivity contribution is 6.31. The Labute approximate surface area is 219 Å². The van der Waals surface area contributed by atoms with Gasteiger partial charge in [0.15, 0.2) is 5.72 Å². The van der Waals surface area contributed by atoms with Gasteiger partial charge in [-0.25, -0.2) is 14.8 Å². The smallest absolute Gasteiger partial charge is 0.398 e. The minimum Gasteiger partial charge on any atom is -0.495 e. The maximum Gasteiger partial charge on any atom is 0.398 e. The molecule has 2 atom stereocenters. The number of nitrogens with zero attached hydrogens (tertiary/aromatic N) is 5. The topological polar surface area (TPSA) is 137 Å². The number of ether oxygens (including phenoxy) is 2. The maximum absolute atomic E-state index is 12.2. The van der Waals surface area contributed by atoms with Gasteiger partial charge in [-0.2, -0.15) is 5.10 Å². The van der Waals surface area contributed by atoms with E-state index in [1.54, 1.807) is 18.7 Å². The quantitative estimate of drug-likeness (QED) is 0.303. The molecule has 4 aromatic rings. The van der Waals surface area contributed by atoms with Gasteiger partial charge in [0.1, 0.15) is 17.8 Å². The fourth-order valence-corrected chi connectivity index (χ4v) is 4.82. The van der Waals surface area contributed by atoms with Crippen molar-refractivity contribution < 1.29 is 19.1 Å². The van der Waals surface area contributed by atoms with E-state index in [9.17, 15) is 9.59 Å². The van der Waals surface area contributed by atoms with Crippen molar-refractivity contribution in [3.63, 3.8) is 0 Å². The summed E-state index contributed by atoms with van der Waals surface area (Å²) in [5.41, 5.74) is 8.63. The van der Waals surface area contributed by atoms with Gasteiger partial charge >= 0.3 is 11.9 Å². The summed E-state index contributed by atoms with van der Waals surface area (Å²) in [7, 11) is 3.44. The van der Waals surface area contributed by atoms with Crippen LogP contribution in [0.25, 0.3) is 33.4 Å². The van der Waals surface area contributed by atoms with Crippen molar-refractivity contribution in [1.82, 2.24) is 25.1 Å². The van der Waals surface area contributed by atoms with E-state index >= 15 is 0 Å². The molecular weight excluding hydrogens is 486 g/mol. The number of anilines is 1. The molecule has 1 aliphatic rings. The molecule has 196 valence electrons. The van der Waals surface area contributed by atoms with Gasteiger partial charge in [0, 0.05) is 48.4 Å². The summed E-state index contributed by atoms with van der Waals surface area (Å²) in [5.74, 6) is -1.73. The van der Waals surface area contributed by atoms with Crippen LogP contribution < -0.4 is 20.7 Å². The minimum atomic E-state index is -1.21. The Morgan fingerprint density at radius 2 is 1.92 bits per heavy atom. The van der Waals surface area contributed by atoms with E-state index in [1.165, 1.54) is 6.33 Å². The van der Waals surface area contributed by atoms with Gasteiger partial charge in [0.05, 0.1) is 30.6 Å². The standard InChI is InChI=1S/C27H29N7O4/c1-16-12-34(27(2,14-29-16)38-26(36)25(28)35)21-10-18-20(11-22(21)37-4)30-15-31-24(18)19-13-33(3)32-23(19)17-8-6-5-7-9-17/h5-11,13,15-16,29H,12,14H2,1-4H3,(H2,28,35)/t16-,27-/m0/s1. The van der Waals surface area contributed by atoms with Crippen molar-refractivity contribution >= 4 is 28.5 Å². The molecule has 0 spiro atoms. The number of primary amides is 1. The number of rotatable bonds is 5. The molecule has 3 N–H and O–H groups in total. The largest absolute Gasteiger partial charge is 0.495 e. The van der Waals surface area contributed by atoms with Crippen LogP contribution in [0.5, 0.6) is 5.75 Å². The summed E-state index contributed by atoms with van der Waals surface area (Å²) in [6.45, 7) is 4.49. The molecule has 3 heterocycles. The van der Waals surface area contributed by atoms with Gasteiger partial charge in [0.25, 0.3) is 0 Å². The minimum absolute atomic E-state index is 0.0604. The van der Waals surface area contributed by atoms with E-state index in [0.717, 1.165) is 22.2 Å². The van der Waals surface area contributed by atoms with E-state index in [1.807, 2.05) is 67.5 Å². The number of hydrogen-bond donors (Lipinski definition) is 2. The van der Waals surface area contributed by atoms with Crippen LogP contribution in [-0.2, 0) is 21.4 Å². The van der Waals surface area contributed by atoms with E-state index in [-0.39, 0.29) is 12.6 Å². The van der Waals surface area contributed by atoms with Gasteiger partial charge in [-0.15, -0.1) is 0 Å². The Kier molecular flexibility index (Phi) is 6.45. The fraction of sp³-hybridized carbons (Fsp3) is 0.296. The van der Waals surface area contributed by atoms with Gasteiger partial charge in [0.2, 0.25) is 0 Å². The summed E-state index contributed by atoms with van der Waals surface area (Å²) in [5, 5.41) is 8.78. The number of nitrogens with two attached hydrogens (primary N) is 1. The van der Waals surface area contributed by atoms with E-state index < -0.39 is 17.6 Å². The van der Waals surface area contributed by atoms with Crippen molar-refractivity contribution in [3.8, 4) is 28.3 Å². The third-order valence-electron chi connectivity index (χ3n) is 6.68. The van der Waals surface area contributed by atoms with E-state index in [0.29, 0.717) is 29.2 Å². The number of fused-ring (bicyclic) bond motifs is 1. The van der Waals surface area contributed by atoms with E-state index in [2.05, 4.69) is 15.3 Å². The molecule has 1 amide bonds. The van der Waals surface area contributed by atoms with Gasteiger partial charge in [-0.1, -0.05) is 30.3 Å². The zero-order chi connectivity index (χ0) is 27.0. The molecule has 0 bridgehead atoms. The average Bonchev–Trinajstić information content (AvgIpc) is 3.30. The van der Waals surface area contributed by atoms with Crippen molar-refractivity contribution in [2.75, 3.05) is 25.1 Å². The zero-order valence-electron chi connectivity index (χ0n) is 21.6. The summed E-state index contributed by atoms with van der Waals surface area (Å²) >= 11 is 0. The SMILES string of the molecule is COc1cc2ncnc(-c3cn(C)nc3-c3ccccc3)c2cc1N1C[C@H](C)NC[C@]1(C)OC(=O)C(N)=O. The van der Waals surface area contributed by atoms with Crippen LogP contribution in [0.3, 0.4) is 0 Å². The van der Waals surface area contributed by atoms with Crippen molar-refractivity contribution in [1.29, 1.82) is 0 Å². The monoisotopic (exact) mass is 515 g/mol. The molecule has 0 radical (unpaired) electrons. The Hall–Kier alpha value is -4.51. The molecule has 0 unspecified atom stereocenters. The second kappa shape index (κ2) is 9.75. The highest BCUT2D eigenvalue weighted by atomic mass is 16.6. The number of piperazine rings is 1. The highest BCUT2D eigenvalue weighted by Crippen LogP contribution is 2.41. The molecule has 2 aromatic heterocycles. The van der Waals surface area contributed by atoms with Crippen LogP contribution >= 0.6 is 0 Å². The second-order valence-corrected chi connectivity index (χ2v) is 9.52. The lowest BCUT2D eigenvalue weighted by molar-refractivity contribution is -0.165. The van der Waals surface area contributed by atoms with Crippen LogP contribution in [0.2, 0.25) is 0 Å². The molecule has 1 fully saturated rings. The maximum atomic E-state index is 12.2. The Morgan fingerprint density at radius 3 is 2.63 bits per heavy atom. The Balaban J connectivity index is 1.70. The Bertz CT molecular complexity index is 1520. The number of hydrogen-bond acceptors (Lipinski definition) is 9. The first-order valence-corrected chi connectivity index (χ1v) is 12.2. The summed E-state index contributed by atoms with van der Waals surface area (Å²) in [6, 6.07) is 13.7. The fourth-order valence-electron chi connectivity index (χ4n) is 4.82. The molecule has 1 aliphatic heterocycles. The molecule has 38 heavy (non-hydrogen) atoms. The lowest BCUT2D eigenvalue weighted by Gasteiger charge is -2.47. The third-order valence-corrected chi connectivity index (χ3v) is 6.68. The molecule has 11 heteroatoms. The van der Waals surface area contributed by atoms with Crippen LogP contribution in [0.4, 0.5) is 5.69 Å². The lowest BCUT2D eigenvalue weighted by Crippen LogP contribution is -2.65. The third kappa shape index (κ3) is 4.52. The highest BCUT2D eigenvalue weighted by Gasteiger charge is 2.42. The zero-order valence-corrected chi connectivity index (χ0v) is 21.6. The summed E-state index contributed by atoms with van der Waals surface area (Å²) in [6.07, 6.45) is 3.45. The molecule has 2 aromatic carbocycles. The van der Waals surface area contributed by atoms with Gasteiger partial charge in [-0.05, 0) is 19.9 Å². The number of methoxy groups -OCH3 is 1. The molecule has 11 nitrogen and oxygen atoms in total. The number of esters is 1. The van der Waals surface area contributed by atoms with Gasteiger partial charge < -0.3 is 25.4 Å². The van der Waals surface area contributed by atoms with E-state index in [4.69, 9.17) is 20.3 Å². The molecule has 0 aliphatic carbocycles. The first-order chi connectivity index (χ1) is 18.2. The molecule has 1 saturated heterocycles. The number of aryl methyl sites for hydroxylation is 1. The summed E-state index contributed by atoms with van der Waals surface area (Å²) < 4.78 is 13.1. The number of carbonyl (C=O) groups is 2. The second-order valence-electron chi connectivity index (χ2n) is 9.52. The Morgan fingerprint density at radius 1 is 1.16 bits per heavy atom. The lowest BCUT2D eigenvalue weighted by atomic mass is 10.0. The number of amides is 1. The molecular formula is C27H29N7O4. The molecule has 5 rings (SSSR count). The van der Waals surface area contributed by atoms with Crippen LogP contribution in [0, 0.1) is 0 Å². The first kappa shape index (κ1) is 25.2. The van der Waals surface area contributed by atoms with Crippen LogP contribution in [-0.4, -0.2) is 63.6 Å². The van der Waals surface area contributed by atoms with Crippen molar-refractivity contribution in [2.24, 2.45) is 12.8 Å².